The third-order valence-corrected chi connectivity index (χ3v) is 4.10. The number of benzene rings is 1. The number of hydrogen-bond donors (Lipinski definition) is 1. The molecule has 3 rings (SSSR count). The van der Waals surface area contributed by atoms with Crippen molar-refractivity contribution < 1.29 is 9.59 Å². The van der Waals surface area contributed by atoms with Crippen molar-refractivity contribution in [3.63, 3.8) is 0 Å². The zero-order valence-electron chi connectivity index (χ0n) is 13.6. The standard InChI is InChI=1S/C18H20N4O2/c1-13(10-22-12-19-11-20-22)21-18(24)9-16-15(7-8-17(16)23)14-5-3-2-4-6-14/h2-6,11-13H,7-10H2,1H3,(H,21,24). The number of carbonyl (C=O) groups is 2. The first-order chi connectivity index (χ1) is 11.6. The molecule has 1 N–H and O–H groups in total. The van der Waals surface area contributed by atoms with Crippen molar-refractivity contribution in [2.24, 2.45) is 0 Å². The summed E-state index contributed by atoms with van der Waals surface area (Å²) in [6, 6.07) is 9.72. The first-order valence-corrected chi connectivity index (χ1v) is 8.06. The monoisotopic (exact) mass is 324 g/mol. The third kappa shape index (κ3) is 3.76. The lowest BCUT2D eigenvalue weighted by Gasteiger charge is -2.14. The number of amides is 1. The molecule has 1 unspecified atom stereocenters. The van der Waals surface area contributed by atoms with Crippen molar-refractivity contribution in [3.8, 4) is 0 Å². The Bertz CT molecular complexity index is 751. The van der Waals surface area contributed by atoms with E-state index in [1.165, 1.54) is 6.33 Å². The van der Waals surface area contributed by atoms with E-state index in [0.717, 1.165) is 11.1 Å². The summed E-state index contributed by atoms with van der Waals surface area (Å²) >= 11 is 0. The Morgan fingerprint density at radius 1 is 1.29 bits per heavy atom. The Morgan fingerprint density at radius 3 is 2.79 bits per heavy atom. The molecule has 0 aliphatic heterocycles. The molecule has 124 valence electrons. The van der Waals surface area contributed by atoms with Gasteiger partial charge in [0.25, 0.3) is 0 Å². The summed E-state index contributed by atoms with van der Waals surface area (Å²) in [6.07, 6.45) is 4.40. The number of carbonyl (C=O) groups excluding carboxylic acids is 2. The Balaban J connectivity index is 1.66. The van der Waals surface area contributed by atoms with E-state index in [9.17, 15) is 9.59 Å². The molecule has 24 heavy (non-hydrogen) atoms. The molecular weight excluding hydrogens is 304 g/mol. The Labute approximate surface area is 140 Å². The second-order valence-electron chi connectivity index (χ2n) is 6.01. The van der Waals surface area contributed by atoms with Gasteiger partial charge in [0.2, 0.25) is 5.91 Å². The van der Waals surface area contributed by atoms with E-state index in [0.29, 0.717) is 25.0 Å². The predicted molar refractivity (Wildman–Crippen MR) is 89.8 cm³/mol. The van der Waals surface area contributed by atoms with Crippen LogP contribution in [0.25, 0.3) is 5.57 Å². The number of nitrogens with one attached hydrogen (secondary N) is 1. The van der Waals surface area contributed by atoms with Crippen molar-refractivity contribution >= 4 is 17.3 Å². The number of rotatable bonds is 6. The van der Waals surface area contributed by atoms with E-state index >= 15 is 0 Å². The van der Waals surface area contributed by atoms with Crippen molar-refractivity contribution in [1.29, 1.82) is 0 Å². The van der Waals surface area contributed by atoms with E-state index in [-0.39, 0.29) is 24.2 Å². The second-order valence-corrected chi connectivity index (χ2v) is 6.01. The number of allylic oxidation sites excluding steroid dienone is 1. The van der Waals surface area contributed by atoms with E-state index in [1.54, 1.807) is 11.0 Å². The van der Waals surface area contributed by atoms with Gasteiger partial charge in [0, 0.05) is 18.0 Å². The van der Waals surface area contributed by atoms with Gasteiger partial charge in [0.05, 0.1) is 13.0 Å². The molecule has 1 aliphatic carbocycles. The van der Waals surface area contributed by atoms with Crippen LogP contribution in [0.15, 0.2) is 48.6 Å². The van der Waals surface area contributed by atoms with Gasteiger partial charge in [0.15, 0.2) is 5.78 Å². The molecule has 1 aliphatic rings. The smallest absolute Gasteiger partial charge is 0.224 e. The van der Waals surface area contributed by atoms with Crippen LogP contribution in [0.2, 0.25) is 0 Å². The number of nitrogens with zero attached hydrogens (tertiary/aromatic N) is 3. The van der Waals surface area contributed by atoms with Gasteiger partial charge in [-0.25, -0.2) is 4.98 Å². The van der Waals surface area contributed by atoms with Crippen LogP contribution >= 0.6 is 0 Å². The Hall–Kier alpha value is -2.76. The van der Waals surface area contributed by atoms with Crippen LogP contribution in [0.5, 0.6) is 0 Å². The summed E-state index contributed by atoms with van der Waals surface area (Å²) in [7, 11) is 0. The third-order valence-electron chi connectivity index (χ3n) is 4.10. The number of Topliss-reactive ketones (excluding diaryl/α,β-unsaturated/α-hetero) is 1. The molecule has 6 heteroatoms. The molecule has 0 spiro atoms. The van der Waals surface area contributed by atoms with Crippen LogP contribution in [0.4, 0.5) is 0 Å². The molecule has 1 aromatic carbocycles. The van der Waals surface area contributed by atoms with Crippen LogP contribution in [-0.2, 0) is 16.1 Å². The molecule has 0 bridgehead atoms. The van der Waals surface area contributed by atoms with Gasteiger partial charge in [-0.05, 0) is 24.5 Å². The van der Waals surface area contributed by atoms with Gasteiger partial charge in [-0.2, -0.15) is 5.10 Å². The fraction of sp³-hybridized carbons (Fsp3) is 0.333. The molecule has 1 aromatic heterocycles. The van der Waals surface area contributed by atoms with Crippen molar-refractivity contribution in [1.82, 2.24) is 20.1 Å². The summed E-state index contributed by atoms with van der Waals surface area (Å²) < 4.78 is 1.67. The van der Waals surface area contributed by atoms with E-state index < -0.39 is 0 Å². The SMILES string of the molecule is CC(Cn1cncn1)NC(=O)CC1=C(c2ccccc2)CCC1=O. The maximum Gasteiger partial charge on any atom is 0.224 e. The molecular formula is C18H20N4O2. The number of hydrogen-bond acceptors (Lipinski definition) is 4. The molecule has 0 fully saturated rings. The quantitative estimate of drug-likeness (QED) is 0.881. The molecule has 0 saturated heterocycles. The minimum absolute atomic E-state index is 0.0768. The highest BCUT2D eigenvalue weighted by molar-refractivity contribution is 6.10. The largest absolute Gasteiger partial charge is 0.351 e. The van der Waals surface area contributed by atoms with E-state index in [1.807, 2.05) is 37.3 Å². The van der Waals surface area contributed by atoms with Crippen LogP contribution in [0.3, 0.4) is 0 Å². The maximum atomic E-state index is 12.3. The van der Waals surface area contributed by atoms with E-state index in [2.05, 4.69) is 15.4 Å². The fourth-order valence-electron chi connectivity index (χ4n) is 3.01. The lowest BCUT2D eigenvalue weighted by Crippen LogP contribution is -2.36. The molecule has 0 radical (unpaired) electrons. The fourth-order valence-corrected chi connectivity index (χ4v) is 3.01. The average Bonchev–Trinajstić information content (AvgIpc) is 3.19. The highest BCUT2D eigenvalue weighted by Gasteiger charge is 2.26. The minimum atomic E-state index is -0.138. The summed E-state index contributed by atoms with van der Waals surface area (Å²) in [4.78, 5) is 28.4. The molecule has 1 atom stereocenters. The summed E-state index contributed by atoms with van der Waals surface area (Å²) in [5.41, 5.74) is 2.67. The molecule has 6 nitrogen and oxygen atoms in total. The normalized spacial score (nSPS) is 15.6. The highest BCUT2D eigenvalue weighted by atomic mass is 16.2. The summed E-state index contributed by atoms with van der Waals surface area (Å²) in [6.45, 7) is 2.45. The first-order valence-electron chi connectivity index (χ1n) is 8.06. The molecule has 1 heterocycles. The first kappa shape index (κ1) is 16.1. The lowest BCUT2D eigenvalue weighted by atomic mass is 10.00. The predicted octanol–water partition coefficient (Wildman–Crippen LogP) is 1.99. The lowest BCUT2D eigenvalue weighted by molar-refractivity contribution is -0.122. The summed E-state index contributed by atoms with van der Waals surface area (Å²) in [5, 5.41) is 6.95. The Kier molecular flexibility index (Phi) is 4.84. The van der Waals surface area contributed by atoms with Gasteiger partial charge in [0.1, 0.15) is 12.7 Å². The van der Waals surface area contributed by atoms with Crippen molar-refractivity contribution in [2.75, 3.05) is 0 Å². The number of ketones is 1. The van der Waals surface area contributed by atoms with Crippen LogP contribution in [0, 0.1) is 0 Å². The van der Waals surface area contributed by atoms with Crippen LogP contribution in [0.1, 0.15) is 31.7 Å². The Morgan fingerprint density at radius 2 is 2.08 bits per heavy atom. The van der Waals surface area contributed by atoms with Gasteiger partial charge < -0.3 is 5.32 Å². The van der Waals surface area contributed by atoms with Crippen molar-refractivity contribution in [3.05, 3.63) is 54.1 Å². The molecule has 1 amide bonds. The van der Waals surface area contributed by atoms with E-state index in [4.69, 9.17) is 0 Å². The van der Waals surface area contributed by atoms with Crippen LogP contribution < -0.4 is 5.32 Å². The second kappa shape index (κ2) is 7.21. The van der Waals surface area contributed by atoms with Gasteiger partial charge in [-0.3, -0.25) is 14.3 Å². The average molecular weight is 324 g/mol. The zero-order chi connectivity index (χ0) is 16.9. The topological polar surface area (TPSA) is 76.9 Å². The zero-order valence-corrected chi connectivity index (χ0v) is 13.6. The van der Waals surface area contributed by atoms with Crippen molar-refractivity contribution in [2.45, 2.75) is 38.8 Å². The maximum absolute atomic E-state index is 12.3. The summed E-state index contributed by atoms with van der Waals surface area (Å²) in [5.74, 6) is -0.0609. The minimum Gasteiger partial charge on any atom is -0.351 e. The van der Waals surface area contributed by atoms with Gasteiger partial charge in [-0.1, -0.05) is 30.3 Å². The van der Waals surface area contributed by atoms with Crippen LogP contribution in [-0.4, -0.2) is 32.5 Å². The van der Waals surface area contributed by atoms with Gasteiger partial charge >= 0.3 is 0 Å². The van der Waals surface area contributed by atoms with Gasteiger partial charge in [-0.15, -0.1) is 0 Å². The number of aromatic nitrogens is 3. The molecule has 2 aromatic rings. The molecule has 0 saturated carbocycles. The highest BCUT2D eigenvalue weighted by Crippen LogP contribution is 2.33.